The van der Waals surface area contributed by atoms with Gasteiger partial charge in [-0.05, 0) is 61.4 Å². The molecule has 2 fully saturated rings. The van der Waals surface area contributed by atoms with Gasteiger partial charge in [-0.3, -0.25) is 29.0 Å². The van der Waals surface area contributed by atoms with E-state index in [1.54, 1.807) is 0 Å². The summed E-state index contributed by atoms with van der Waals surface area (Å²) >= 11 is 12.7. The van der Waals surface area contributed by atoms with Crippen LogP contribution in [0.3, 0.4) is 0 Å². The van der Waals surface area contributed by atoms with E-state index in [1.807, 2.05) is 0 Å². The van der Waals surface area contributed by atoms with Crippen molar-refractivity contribution >= 4 is 104 Å². The second kappa shape index (κ2) is 14.6. The number of carboxylic acid groups (broad SMARTS) is 2. The first kappa shape index (κ1) is 32.8. The number of rotatable bonds is 12. The van der Waals surface area contributed by atoms with Crippen LogP contribution in [0.2, 0.25) is 0 Å². The van der Waals surface area contributed by atoms with Gasteiger partial charge in [0.15, 0.2) is 0 Å². The highest BCUT2D eigenvalue weighted by molar-refractivity contribution is 8.29. The molecule has 44 heavy (non-hydrogen) atoms. The molecule has 2 aliphatic rings. The molecule has 2 aromatic carbocycles. The van der Waals surface area contributed by atoms with E-state index in [-0.39, 0.29) is 67.3 Å². The molecule has 4 rings (SSSR count). The van der Waals surface area contributed by atoms with E-state index in [0.717, 1.165) is 23.5 Å². The molecule has 16 heteroatoms. The van der Waals surface area contributed by atoms with Crippen LogP contribution in [0.15, 0.2) is 58.3 Å². The first-order valence-corrected chi connectivity index (χ1v) is 15.5. The fourth-order valence-corrected chi connectivity index (χ4v) is 6.86. The van der Waals surface area contributed by atoms with Gasteiger partial charge in [0.25, 0.3) is 11.8 Å². The number of carbonyl (C=O) groups excluding carboxylic acids is 4. The lowest BCUT2D eigenvalue weighted by Gasteiger charge is -2.14. The van der Waals surface area contributed by atoms with Gasteiger partial charge in [-0.2, -0.15) is 0 Å². The Labute approximate surface area is 270 Å². The summed E-state index contributed by atoms with van der Waals surface area (Å²) in [6.45, 7) is 0.321. The first-order valence-electron chi connectivity index (χ1n) is 13.0. The van der Waals surface area contributed by atoms with Gasteiger partial charge in [-0.15, -0.1) is 0 Å². The lowest BCUT2D eigenvalue weighted by Crippen LogP contribution is -2.31. The predicted molar refractivity (Wildman–Crippen MR) is 173 cm³/mol. The van der Waals surface area contributed by atoms with E-state index in [4.69, 9.17) is 34.6 Å². The highest BCUT2D eigenvalue weighted by Gasteiger charge is 2.41. The van der Waals surface area contributed by atoms with Crippen molar-refractivity contribution in [3.05, 3.63) is 69.5 Å². The molecule has 12 nitrogen and oxygen atoms in total. The molecule has 0 spiro atoms. The Bertz CT molecular complexity index is 1470. The highest BCUT2D eigenvalue weighted by Crippen LogP contribution is 2.42. The molecule has 2 aromatic rings. The third-order valence-corrected chi connectivity index (χ3v) is 9.33. The normalized spacial score (nSPS) is 16.5. The summed E-state index contributed by atoms with van der Waals surface area (Å²) < 4.78 is 0.515. The van der Waals surface area contributed by atoms with E-state index in [0.29, 0.717) is 24.2 Å². The molecular formula is C28H24N4O8S4. The maximum Gasteiger partial charge on any atom is 0.335 e. The second-order valence-corrected chi connectivity index (χ2v) is 12.7. The largest absolute Gasteiger partial charge is 0.478 e. The van der Waals surface area contributed by atoms with E-state index < -0.39 is 23.8 Å². The Morgan fingerprint density at radius 2 is 0.977 bits per heavy atom. The van der Waals surface area contributed by atoms with Gasteiger partial charge in [-0.1, -0.05) is 48.0 Å². The quantitative estimate of drug-likeness (QED) is 0.188. The topological polar surface area (TPSA) is 173 Å². The van der Waals surface area contributed by atoms with Crippen LogP contribution < -0.4 is 10.6 Å². The minimum atomic E-state index is -1.07. The van der Waals surface area contributed by atoms with Crippen LogP contribution in [0.4, 0.5) is 11.4 Å². The van der Waals surface area contributed by atoms with E-state index >= 15 is 0 Å². The summed E-state index contributed by atoms with van der Waals surface area (Å²) in [7, 11) is 0. The number of anilines is 2. The number of hydrogen-bond donors (Lipinski definition) is 4. The number of thioether (sulfide) groups is 2. The zero-order valence-corrected chi connectivity index (χ0v) is 26.0. The predicted octanol–water partition coefficient (Wildman–Crippen LogP) is 4.15. The number of benzene rings is 2. The standard InChI is InChI=1S/C28H24N4O8S4/c33-19(29-17-9-5-15(6-10-17)25(37)38)3-1-13-31-23(35)21(43-27(31)41)22-24(36)32(28(42)44-22)14-2-4-20(34)30-18-11-7-16(8-12-18)26(39)40/h5-12H,1-4,13-14H2,(H,29,33)(H,30,34)(H,37,38)(H,39,40)/b22-21+. The Hall–Kier alpha value is -4.12. The molecular weight excluding hydrogens is 649 g/mol. The SMILES string of the molecule is O=C(CCCN1C(=O)/C(=C2\SC(=S)N(CCCC(=O)Nc3ccc(C(=O)O)cc3)C2=O)SC1=S)Nc1ccc(C(=O)O)cc1. The summed E-state index contributed by atoms with van der Waals surface area (Å²) in [5, 5.41) is 23.3. The van der Waals surface area contributed by atoms with Crippen molar-refractivity contribution in [2.45, 2.75) is 25.7 Å². The van der Waals surface area contributed by atoms with Crippen LogP contribution in [0.25, 0.3) is 0 Å². The second-order valence-electron chi connectivity index (χ2n) is 9.38. The smallest absolute Gasteiger partial charge is 0.335 e. The summed E-state index contributed by atoms with van der Waals surface area (Å²) in [4.78, 5) is 75.9. The van der Waals surface area contributed by atoms with Gasteiger partial charge in [-0.25, -0.2) is 9.59 Å². The number of thiocarbonyl (C=S) groups is 2. The molecule has 0 saturated carbocycles. The van der Waals surface area contributed by atoms with Crippen molar-refractivity contribution in [1.29, 1.82) is 0 Å². The number of nitrogens with one attached hydrogen (secondary N) is 2. The van der Waals surface area contributed by atoms with Gasteiger partial charge in [0, 0.05) is 37.3 Å². The minimum absolute atomic E-state index is 0.0798. The van der Waals surface area contributed by atoms with Crippen molar-refractivity contribution in [2.24, 2.45) is 0 Å². The molecule has 2 heterocycles. The van der Waals surface area contributed by atoms with Crippen molar-refractivity contribution in [2.75, 3.05) is 23.7 Å². The van der Waals surface area contributed by atoms with Crippen LogP contribution in [0.5, 0.6) is 0 Å². The summed E-state index contributed by atoms with van der Waals surface area (Å²) in [6, 6.07) is 11.5. The van der Waals surface area contributed by atoms with Gasteiger partial charge < -0.3 is 20.8 Å². The molecule has 228 valence electrons. The van der Waals surface area contributed by atoms with Crippen LogP contribution in [-0.4, -0.2) is 77.3 Å². The number of hydrogen-bond acceptors (Lipinski definition) is 10. The zero-order valence-electron chi connectivity index (χ0n) is 22.7. The first-order chi connectivity index (χ1) is 20.9. The summed E-state index contributed by atoms with van der Waals surface area (Å²) in [5.41, 5.74) is 1.09. The zero-order chi connectivity index (χ0) is 32.0. The lowest BCUT2D eigenvalue weighted by atomic mass is 10.2. The molecule has 4 amide bonds. The van der Waals surface area contributed by atoms with Crippen LogP contribution in [-0.2, 0) is 19.2 Å². The Balaban J connectivity index is 1.25. The number of carboxylic acids is 2. The van der Waals surface area contributed by atoms with Gasteiger partial charge in [0.1, 0.15) is 8.64 Å². The lowest BCUT2D eigenvalue weighted by molar-refractivity contribution is -0.124. The molecule has 0 radical (unpaired) electrons. The van der Waals surface area contributed by atoms with Crippen molar-refractivity contribution in [3.63, 3.8) is 0 Å². The van der Waals surface area contributed by atoms with E-state index in [9.17, 15) is 28.8 Å². The Morgan fingerprint density at radius 3 is 1.30 bits per heavy atom. The van der Waals surface area contributed by atoms with E-state index in [1.165, 1.54) is 58.3 Å². The molecule has 2 saturated heterocycles. The van der Waals surface area contributed by atoms with Gasteiger partial charge in [0.05, 0.1) is 20.9 Å². The molecule has 0 unspecified atom stereocenters. The van der Waals surface area contributed by atoms with Crippen molar-refractivity contribution in [3.8, 4) is 0 Å². The van der Waals surface area contributed by atoms with Gasteiger partial charge in [0.2, 0.25) is 11.8 Å². The van der Waals surface area contributed by atoms with Crippen molar-refractivity contribution < 1.29 is 39.0 Å². The molecule has 0 atom stereocenters. The fourth-order valence-electron chi connectivity index (χ4n) is 4.09. The number of nitrogens with zero attached hydrogens (tertiary/aromatic N) is 2. The third-order valence-electron chi connectivity index (χ3n) is 6.31. The highest BCUT2D eigenvalue weighted by atomic mass is 32.2. The summed E-state index contributed by atoms with van der Waals surface area (Å²) in [6.07, 6.45) is 0.754. The third kappa shape index (κ3) is 8.07. The molecule has 0 bridgehead atoms. The average Bonchev–Trinajstić information content (AvgIpc) is 3.42. The van der Waals surface area contributed by atoms with Crippen LogP contribution >= 0.6 is 48.0 Å². The number of amides is 4. The molecule has 0 aliphatic carbocycles. The maximum atomic E-state index is 13.1. The number of aromatic carboxylic acids is 2. The monoisotopic (exact) mass is 672 g/mol. The molecule has 0 aromatic heterocycles. The fraction of sp³-hybridized carbons (Fsp3) is 0.214. The maximum absolute atomic E-state index is 13.1. The summed E-state index contributed by atoms with van der Waals surface area (Å²) in [5.74, 6) is -3.66. The Kier molecular flexibility index (Phi) is 10.9. The van der Waals surface area contributed by atoms with Crippen molar-refractivity contribution in [1.82, 2.24) is 9.80 Å². The van der Waals surface area contributed by atoms with Gasteiger partial charge >= 0.3 is 11.9 Å². The number of carbonyl (C=O) groups is 6. The Morgan fingerprint density at radius 1 is 0.636 bits per heavy atom. The average molecular weight is 673 g/mol. The minimum Gasteiger partial charge on any atom is -0.478 e. The van der Waals surface area contributed by atoms with Crippen LogP contribution in [0, 0.1) is 0 Å². The molecule has 2 aliphatic heterocycles. The van der Waals surface area contributed by atoms with Crippen LogP contribution in [0.1, 0.15) is 46.4 Å². The molecule has 4 N–H and O–H groups in total. The van der Waals surface area contributed by atoms with E-state index in [2.05, 4.69) is 10.6 Å².